The highest BCUT2D eigenvalue weighted by atomic mass is 79.9. The van der Waals surface area contributed by atoms with Crippen LogP contribution in [0, 0.1) is 0 Å². The summed E-state index contributed by atoms with van der Waals surface area (Å²) in [4.78, 5) is 18.1. The maximum absolute atomic E-state index is 13.1. The smallest absolute Gasteiger partial charge is 0.279 e. The topological polar surface area (TPSA) is 81.0 Å². The van der Waals surface area contributed by atoms with Gasteiger partial charge in [0.25, 0.3) is 5.91 Å². The summed E-state index contributed by atoms with van der Waals surface area (Å²) in [5.41, 5.74) is 1.32. The number of methoxy groups -OCH3 is 1. The lowest BCUT2D eigenvalue weighted by atomic mass is 9.96. The van der Waals surface area contributed by atoms with Crippen LogP contribution in [0.5, 0.6) is 0 Å². The van der Waals surface area contributed by atoms with Crippen LogP contribution in [0.25, 0.3) is 10.2 Å². The van der Waals surface area contributed by atoms with Crippen LogP contribution in [0.2, 0.25) is 0 Å². The molecule has 0 spiro atoms. The van der Waals surface area contributed by atoms with Gasteiger partial charge in [-0.1, -0.05) is 46.5 Å². The molecule has 0 aliphatic heterocycles. The van der Waals surface area contributed by atoms with E-state index < -0.39 is 15.9 Å². The summed E-state index contributed by atoms with van der Waals surface area (Å²) >= 11 is 4.91. The SMILES string of the molecule is COCCn1c(=NC(=O)c2ccc(S(=O)(=O)N(C)C3CCCCC3)cc2)sc2cc(Br)ccc21. The number of hydrogen-bond acceptors (Lipinski definition) is 5. The van der Waals surface area contributed by atoms with E-state index in [1.807, 2.05) is 22.8 Å². The number of benzene rings is 2. The molecule has 1 aromatic heterocycles. The highest BCUT2D eigenvalue weighted by Gasteiger charge is 2.29. The van der Waals surface area contributed by atoms with Gasteiger partial charge in [0.1, 0.15) is 0 Å². The summed E-state index contributed by atoms with van der Waals surface area (Å²) in [6.07, 6.45) is 5.05. The summed E-state index contributed by atoms with van der Waals surface area (Å²) in [6.45, 7) is 1.05. The molecule has 0 unspecified atom stereocenters. The maximum atomic E-state index is 13.1. The molecule has 1 amide bonds. The highest BCUT2D eigenvalue weighted by molar-refractivity contribution is 9.10. The Morgan fingerprint density at radius 3 is 2.56 bits per heavy atom. The van der Waals surface area contributed by atoms with Crippen LogP contribution in [0.15, 0.2) is 56.8 Å². The second-order valence-corrected chi connectivity index (χ2v) is 12.3. The van der Waals surface area contributed by atoms with E-state index in [1.54, 1.807) is 14.2 Å². The number of fused-ring (bicyclic) bond motifs is 1. The van der Waals surface area contributed by atoms with Crippen molar-refractivity contribution in [1.82, 2.24) is 8.87 Å². The van der Waals surface area contributed by atoms with Gasteiger partial charge in [-0.3, -0.25) is 4.79 Å². The van der Waals surface area contributed by atoms with Crippen LogP contribution in [0.1, 0.15) is 42.5 Å². The molecule has 1 aliphatic carbocycles. The summed E-state index contributed by atoms with van der Waals surface area (Å²) in [6, 6.07) is 12.0. The van der Waals surface area contributed by atoms with E-state index in [1.165, 1.54) is 39.9 Å². The predicted octanol–water partition coefficient (Wildman–Crippen LogP) is 4.81. The molecule has 10 heteroatoms. The van der Waals surface area contributed by atoms with Crippen molar-refractivity contribution in [2.75, 3.05) is 20.8 Å². The minimum atomic E-state index is -3.61. The Morgan fingerprint density at radius 1 is 1.18 bits per heavy atom. The number of halogens is 1. The minimum Gasteiger partial charge on any atom is -0.383 e. The molecular formula is C24H28BrN3O4S2. The van der Waals surface area contributed by atoms with E-state index in [4.69, 9.17) is 4.74 Å². The first-order valence-electron chi connectivity index (χ1n) is 11.3. The summed E-state index contributed by atoms with van der Waals surface area (Å²) in [7, 11) is -0.322. The van der Waals surface area contributed by atoms with Gasteiger partial charge in [-0.05, 0) is 55.3 Å². The van der Waals surface area contributed by atoms with E-state index in [9.17, 15) is 13.2 Å². The molecule has 0 N–H and O–H groups in total. The predicted molar refractivity (Wildman–Crippen MR) is 138 cm³/mol. The van der Waals surface area contributed by atoms with Crippen molar-refractivity contribution in [3.05, 3.63) is 57.3 Å². The third-order valence-electron chi connectivity index (χ3n) is 6.23. The van der Waals surface area contributed by atoms with Crippen molar-refractivity contribution in [2.24, 2.45) is 4.99 Å². The first-order chi connectivity index (χ1) is 16.3. The molecule has 4 rings (SSSR count). The van der Waals surface area contributed by atoms with Crippen molar-refractivity contribution in [3.63, 3.8) is 0 Å². The fraction of sp³-hybridized carbons (Fsp3) is 0.417. The third kappa shape index (κ3) is 5.36. The molecule has 2 aromatic carbocycles. The summed E-state index contributed by atoms with van der Waals surface area (Å²) < 4.78 is 36.8. The second-order valence-electron chi connectivity index (χ2n) is 8.40. The fourth-order valence-electron chi connectivity index (χ4n) is 4.26. The van der Waals surface area contributed by atoms with Gasteiger partial charge < -0.3 is 9.30 Å². The van der Waals surface area contributed by atoms with E-state index in [2.05, 4.69) is 20.9 Å². The number of ether oxygens (including phenoxy) is 1. The monoisotopic (exact) mass is 565 g/mol. The van der Waals surface area contributed by atoms with Crippen molar-refractivity contribution >= 4 is 53.4 Å². The summed E-state index contributed by atoms with van der Waals surface area (Å²) in [5.74, 6) is -0.415. The Bertz CT molecular complexity index is 1340. The van der Waals surface area contributed by atoms with Crippen molar-refractivity contribution in [1.29, 1.82) is 0 Å². The molecule has 182 valence electrons. The number of thiazole rings is 1. The van der Waals surface area contributed by atoms with Crippen LogP contribution < -0.4 is 4.80 Å². The van der Waals surface area contributed by atoms with Gasteiger partial charge in [-0.2, -0.15) is 9.30 Å². The van der Waals surface area contributed by atoms with Crippen molar-refractivity contribution < 1.29 is 17.9 Å². The Labute approximate surface area is 212 Å². The highest BCUT2D eigenvalue weighted by Crippen LogP contribution is 2.27. The van der Waals surface area contributed by atoms with E-state index in [0.717, 1.165) is 46.8 Å². The number of sulfonamides is 1. The normalized spacial score (nSPS) is 15.9. The summed E-state index contributed by atoms with van der Waals surface area (Å²) in [5, 5.41) is 0. The zero-order chi connectivity index (χ0) is 24.3. The number of aromatic nitrogens is 1. The van der Waals surface area contributed by atoms with Crippen LogP contribution in [0.3, 0.4) is 0 Å². The quantitative estimate of drug-likeness (QED) is 0.411. The molecular weight excluding hydrogens is 538 g/mol. The van der Waals surface area contributed by atoms with Gasteiger partial charge in [0.05, 0.1) is 21.7 Å². The van der Waals surface area contributed by atoms with E-state index >= 15 is 0 Å². The molecule has 0 radical (unpaired) electrons. The molecule has 0 saturated heterocycles. The second kappa shape index (κ2) is 10.8. The Kier molecular flexibility index (Phi) is 8.04. The van der Waals surface area contributed by atoms with Crippen LogP contribution in [0.4, 0.5) is 0 Å². The third-order valence-corrected chi connectivity index (χ3v) is 9.69. The average Bonchev–Trinajstić information content (AvgIpc) is 3.18. The standard InChI is InChI=1S/C24H28BrN3O4S2/c1-27(19-6-4-3-5-7-19)34(30,31)20-11-8-17(9-12-20)23(29)26-24-28(14-15-32-2)21-13-10-18(25)16-22(21)33-24/h8-13,16,19H,3-7,14-15H2,1-2H3. The molecule has 1 fully saturated rings. The number of nitrogens with zero attached hydrogens (tertiary/aromatic N) is 3. The number of amides is 1. The first-order valence-corrected chi connectivity index (χ1v) is 14.3. The Morgan fingerprint density at radius 2 is 1.88 bits per heavy atom. The lowest BCUT2D eigenvalue weighted by molar-refractivity contribution is 0.0997. The van der Waals surface area contributed by atoms with Gasteiger partial charge in [0.15, 0.2) is 4.80 Å². The average molecular weight is 567 g/mol. The van der Waals surface area contributed by atoms with Crippen molar-refractivity contribution in [3.8, 4) is 0 Å². The zero-order valence-electron chi connectivity index (χ0n) is 19.2. The van der Waals surface area contributed by atoms with Gasteiger partial charge in [0.2, 0.25) is 10.0 Å². The van der Waals surface area contributed by atoms with Gasteiger partial charge in [-0.15, -0.1) is 0 Å². The van der Waals surface area contributed by atoms with E-state index in [-0.39, 0.29) is 10.9 Å². The lowest BCUT2D eigenvalue weighted by Crippen LogP contribution is -2.38. The minimum absolute atomic E-state index is 0.0330. The van der Waals surface area contributed by atoms with Gasteiger partial charge in [-0.25, -0.2) is 8.42 Å². The molecule has 7 nitrogen and oxygen atoms in total. The van der Waals surface area contributed by atoms with Crippen LogP contribution in [-0.2, 0) is 21.3 Å². The first kappa shape index (κ1) is 25.2. The van der Waals surface area contributed by atoms with Crippen LogP contribution >= 0.6 is 27.3 Å². The molecule has 1 heterocycles. The zero-order valence-corrected chi connectivity index (χ0v) is 22.5. The molecule has 0 atom stereocenters. The lowest BCUT2D eigenvalue weighted by Gasteiger charge is -2.30. The van der Waals surface area contributed by atoms with E-state index in [0.29, 0.717) is 23.5 Å². The van der Waals surface area contributed by atoms with Gasteiger partial charge >= 0.3 is 0 Å². The maximum Gasteiger partial charge on any atom is 0.279 e. The molecule has 34 heavy (non-hydrogen) atoms. The number of hydrogen-bond donors (Lipinski definition) is 0. The van der Waals surface area contributed by atoms with Crippen molar-refractivity contribution in [2.45, 2.75) is 49.6 Å². The molecule has 1 aliphatic rings. The molecule has 1 saturated carbocycles. The Balaban J connectivity index is 1.61. The molecule has 3 aromatic rings. The van der Waals surface area contributed by atoms with Gasteiger partial charge in [0, 0.05) is 36.8 Å². The molecule has 0 bridgehead atoms. The number of rotatable bonds is 7. The Hall–Kier alpha value is -1.85. The largest absolute Gasteiger partial charge is 0.383 e. The number of carbonyl (C=O) groups excluding carboxylic acids is 1. The fourth-order valence-corrected chi connectivity index (χ4v) is 7.28. The van der Waals surface area contributed by atoms with Crippen LogP contribution in [-0.4, -0.2) is 50.0 Å². The number of carbonyl (C=O) groups is 1.